The van der Waals surface area contributed by atoms with Crippen molar-refractivity contribution in [1.82, 2.24) is 9.97 Å². The van der Waals surface area contributed by atoms with Gasteiger partial charge in [0.2, 0.25) is 0 Å². The first-order valence-corrected chi connectivity index (χ1v) is 6.81. The van der Waals surface area contributed by atoms with Gasteiger partial charge in [0.05, 0.1) is 6.61 Å². The van der Waals surface area contributed by atoms with E-state index >= 15 is 0 Å². The highest BCUT2D eigenvalue weighted by Crippen LogP contribution is 2.33. The van der Waals surface area contributed by atoms with Gasteiger partial charge in [-0.2, -0.15) is 0 Å². The first kappa shape index (κ1) is 14.0. The number of hydrazine groups is 1. The maximum atomic E-state index is 5.55. The van der Waals surface area contributed by atoms with Gasteiger partial charge in [-0.15, -0.1) is 0 Å². The second-order valence-electron chi connectivity index (χ2n) is 4.85. The van der Waals surface area contributed by atoms with Crippen LogP contribution in [0.25, 0.3) is 0 Å². The number of ether oxygens (including phenoxy) is 1. The molecule has 0 atom stereocenters. The maximum Gasteiger partial charge on any atom is 0.148 e. The maximum absolute atomic E-state index is 5.55. The molecule has 2 rings (SSSR count). The van der Waals surface area contributed by atoms with Crippen molar-refractivity contribution in [3.05, 3.63) is 11.4 Å². The number of nitrogens with zero attached hydrogens (tertiary/aromatic N) is 3. The molecule has 1 fully saturated rings. The molecule has 0 bridgehead atoms. The first-order valence-electron chi connectivity index (χ1n) is 6.81. The Kier molecular flexibility index (Phi) is 4.55. The number of nitrogen functional groups attached to an aromatic ring is 1. The highest BCUT2D eigenvalue weighted by atomic mass is 16.5. The number of aromatic nitrogens is 2. The molecule has 3 N–H and O–H groups in total. The zero-order valence-corrected chi connectivity index (χ0v) is 11.9. The molecule has 106 valence electrons. The van der Waals surface area contributed by atoms with Crippen LogP contribution < -0.4 is 16.2 Å². The second-order valence-corrected chi connectivity index (χ2v) is 4.85. The van der Waals surface area contributed by atoms with Crippen molar-refractivity contribution in [2.24, 2.45) is 5.84 Å². The van der Waals surface area contributed by atoms with E-state index in [1.54, 1.807) is 7.11 Å². The van der Waals surface area contributed by atoms with Crippen LogP contribution in [-0.4, -0.2) is 36.3 Å². The topological polar surface area (TPSA) is 76.3 Å². The summed E-state index contributed by atoms with van der Waals surface area (Å²) in [4.78, 5) is 11.4. The van der Waals surface area contributed by atoms with Gasteiger partial charge < -0.3 is 15.1 Å². The molecular formula is C13H23N5O. The normalized spacial score (nSPS) is 14.5. The van der Waals surface area contributed by atoms with E-state index in [9.17, 15) is 0 Å². The van der Waals surface area contributed by atoms with Gasteiger partial charge in [-0.3, -0.25) is 0 Å². The van der Waals surface area contributed by atoms with Crippen molar-refractivity contribution >= 4 is 11.6 Å². The zero-order chi connectivity index (χ0) is 13.8. The third-order valence-electron chi connectivity index (χ3n) is 3.42. The SMILES string of the molecule is CCc1nc(NN)c(C)c(N(CCOC)C2CC2)n1. The van der Waals surface area contributed by atoms with Gasteiger partial charge in [0.1, 0.15) is 17.5 Å². The molecule has 0 aliphatic heterocycles. The van der Waals surface area contributed by atoms with E-state index in [1.807, 2.05) is 13.8 Å². The minimum absolute atomic E-state index is 0.582. The number of anilines is 2. The quantitative estimate of drug-likeness (QED) is 0.571. The molecule has 1 aliphatic rings. The minimum atomic E-state index is 0.582. The average molecular weight is 265 g/mol. The zero-order valence-electron chi connectivity index (χ0n) is 11.9. The monoisotopic (exact) mass is 265 g/mol. The van der Waals surface area contributed by atoms with Crippen molar-refractivity contribution < 1.29 is 4.74 Å². The lowest BCUT2D eigenvalue weighted by molar-refractivity contribution is 0.204. The minimum Gasteiger partial charge on any atom is -0.383 e. The molecule has 0 spiro atoms. The summed E-state index contributed by atoms with van der Waals surface area (Å²) in [5, 5.41) is 0. The van der Waals surface area contributed by atoms with Gasteiger partial charge in [-0.1, -0.05) is 6.92 Å². The van der Waals surface area contributed by atoms with Crippen molar-refractivity contribution in [3.8, 4) is 0 Å². The Hall–Kier alpha value is -1.40. The van der Waals surface area contributed by atoms with Gasteiger partial charge in [-0.05, 0) is 19.8 Å². The largest absolute Gasteiger partial charge is 0.383 e. The summed E-state index contributed by atoms with van der Waals surface area (Å²) in [6, 6.07) is 0.582. The molecule has 0 unspecified atom stereocenters. The van der Waals surface area contributed by atoms with Gasteiger partial charge in [0.25, 0.3) is 0 Å². The van der Waals surface area contributed by atoms with Gasteiger partial charge >= 0.3 is 0 Å². The van der Waals surface area contributed by atoms with Crippen LogP contribution in [0.5, 0.6) is 0 Å². The summed E-state index contributed by atoms with van der Waals surface area (Å²) in [5.41, 5.74) is 3.67. The smallest absolute Gasteiger partial charge is 0.148 e. The van der Waals surface area contributed by atoms with Crippen LogP contribution in [0.4, 0.5) is 11.6 Å². The van der Waals surface area contributed by atoms with E-state index < -0.39 is 0 Å². The van der Waals surface area contributed by atoms with Gasteiger partial charge in [0.15, 0.2) is 0 Å². The van der Waals surface area contributed by atoms with Crippen molar-refractivity contribution in [2.45, 2.75) is 39.2 Å². The Morgan fingerprint density at radius 1 is 1.42 bits per heavy atom. The summed E-state index contributed by atoms with van der Waals surface area (Å²) in [7, 11) is 1.72. The molecule has 0 saturated heterocycles. The molecule has 6 nitrogen and oxygen atoms in total. The van der Waals surface area contributed by atoms with E-state index in [0.29, 0.717) is 18.5 Å². The Morgan fingerprint density at radius 2 is 2.16 bits per heavy atom. The highest BCUT2D eigenvalue weighted by Gasteiger charge is 2.31. The van der Waals surface area contributed by atoms with Crippen molar-refractivity contribution in [2.75, 3.05) is 30.6 Å². The molecule has 0 amide bonds. The third-order valence-corrected chi connectivity index (χ3v) is 3.42. The Morgan fingerprint density at radius 3 is 2.68 bits per heavy atom. The van der Waals surface area contributed by atoms with Crippen LogP contribution in [0.1, 0.15) is 31.2 Å². The van der Waals surface area contributed by atoms with Gasteiger partial charge in [0, 0.05) is 31.7 Å². The molecule has 1 saturated carbocycles. The number of nitrogens with one attached hydrogen (secondary N) is 1. The molecule has 0 radical (unpaired) electrons. The van der Waals surface area contributed by atoms with Gasteiger partial charge in [-0.25, -0.2) is 15.8 Å². The van der Waals surface area contributed by atoms with Crippen LogP contribution in [0.2, 0.25) is 0 Å². The number of hydrogen-bond donors (Lipinski definition) is 2. The lowest BCUT2D eigenvalue weighted by atomic mass is 10.2. The van der Waals surface area contributed by atoms with Crippen LogP contribution in [0, 0.1) is 6.92 Å². The van der Waals surface area contributed by atoms with Crippen LogP contribution in [-0.2, 0) is 11.2 Å². The lowest BCUT2D eigenvalue weighted by Gasteiger charge is -2.26. The molecule has 1 aromatic heterocycles. The molecule has 1 aliphatic carbocycles. The molecule has 19 heavy (non-hydrogen) atoms. The summed E-state index contributed by atoms with van der Waals surface area (Å²) in [6.07, 6.45) is 3.24. The van der Waals surface area contributed by atoms with E-state index in [1.165, 1.54) is 12.8 Å². The fourth-order valence-corrected chi connectivity index (χ4v) is 2.17. The van der Waals surface area contributed by atoms with E-state index in [2.05, 4.69) is 20.3 Å². The summed E-state index contributed by atoms with van der Waals surface area (Å²) >= 11 is 0. The number of rotatable bonds is 7. The molecule has 1 heterocycles. The third kappa shape index (κ3) is 3.13. The molecule has 0 aromatic carbocycles. The summed E-state index contributed by atoms with van der Waals surface area (Å²) < 4.78 is 5.20. The molecular weight excluding hydrogens is 242 g/mol. The Bertz CT molecular complexity index is 433. The fraction of sp³-hybridized carbons (Fsp3) is 0.692. The predicted molar refractivity (Wildman–Crippen MR) is 76.2 cm³/mol. The number of aryl methyl sites for hydroxylation is 1. The van der Waals surface area contributed by atoms with Crippen LogP contribution >= 0.6 is 0 Å². The average Bonchev–Trinajstić information content (AvgIpc) is 3.25. The van der Waals surface area contributed by atoms with Crippen molar-refractivity contribution in [3.63, 3.8) is 0 Å². The Balaban J connectivity index is 2.33. The number of hydrogen-bond acceptors (Lipinski definition) is 6. The van der Waals surface area contributed by atoms with Crippen LogP contribution in [0.15, 0.2) is 0 Å². The summed E-state index contributed by atoms with van der Waals surface area (Å²) in [6.45, 7) is 5.61. The van der Waals surface area contributed by atoms with E-state index in [4.69, 9.17) is 10.6 Å². The fourth-order valence-electron chi connectivity index (χ4n) is 2.17. The second kappa shape index (κ2) is 6.16. The standard InChI is InChI=1S/C13H23N5O/c1-4-11-15-12(17-14)9(2)13(16-11)18(7-8-19-3)10-5-6-10/h10H,4-8,14H2,1-3H3,(H,15,16,17). The predicted octanol–water partition coefficient (Wildman–Crippen LogP) is 1.25. The van der Waals surface area contributed by atoms with E-state index in [0.717, 1.165) is 30.2 Å². The molecule has 1 aromatic rings. The molecule has 6 heteroatoms. The van der Waals surface area contributed by atoms with Crippen LogP contribution in [0.3, 0.4) is 0 Å². The highest BCUT2D eigenvalue weighted by molar-refractivity contribution is 5.59. The Labute approximate surface area is 114 Å². The number of methoxy groups -OCH3 is 1. The van der Waals surface area contributed by atoms with Crippen molar-refractivity contribution in [1.29, 1.82) is 0 Å². The summed E-state index contributed by atoms with van der Waals surface area (Å²) in [5.74, 6) is 8.07. The number of nitrogens with two attached hydrogens (primary N) is 1. The van der Waals surface area contributed by atoms with E-state index in [-0.39, 0.29) is 0 Å². The first-order chi connectivity index (χ1) is 9.21. The lowest BCUT2D eigenvalue weighted by Crippen LogP contribution is -2.32.